The smallest absolute Gasteiger partial charge is 0.135 e. The maximum absolute atomic E-state index is 5.80. The van der Waals surface area contributed by atoms with Gasteiger partial charge in [-0.2, -0.15) is 0 Å². The SMILES string of the molecule is CC(C)=CCC/C(C)=C/CO/N=C/c1ccc(Cl)cc1. The zero-order valence-corrected chi connectivity index (χ0v) is 13.2. The molecule has 3 heteroatoms. The van der Waals surface area contributed by atoms with E-state index in [9.17, 15) is 0 Å². The molecule has 0 atom stereocenters. The van der Waals surface area contributed by atoms with E-state index in [1.54, 1.807) is 6.21 Å². The summed E-state index contributed by atoms with van der Waals surface area (Å²) in [5.74, 6) is 0. The molecular formula is C17H22ClNO. The summed E-state index contributed by atoms with van der Waals surface area (Å²) in [6.45, 7) is 6.86. The minimum atomic E-state index is 0.505. The number of benzene rings is 1. The molecule has 0 aliphatic heterocycles. The van der Waals surface area contributed by atoms with E-state index in [1.165, 1.54) is 11.1 Å². The number of hydrogen-bond acceptors (Lipinski definition) is 2. The van der Waals surface area contributed by atoms with Crippen molar-refractivity contribution in [3.8, 4) is 0 Å². The van der Waals surface area contributed by atoms with Gasteiger partial charge in [-0.05, 0) is 57.4 Å². The van der Waals surface area contributed by atoms with Crippen molar-refractivity contribution in [3.63, 3.8) is 0 Å². The molecule has 1 aromatic rings. The Hall–Kier alpha value is -1.54. The third-order valence-corrected chi connectivity index (χ3v) is 3.00. The molecule has 0 radical (unpaired) electrons. The van der Waals surface area contributed by atoms with Crippen LogP contribution in [0.15, 0.2) is 52.7 Å². The average Bonchev–Trinajstić information content (AvgIpc) is 2.40. The van der Waals surface area contributed by atoms with Crippen LogP contribution in [0, 0.1) is 0 Å². The van der Waals surface area contributed by atoms with Crippen LogP contribution in [-0.2, 0) is 4.84 Å². The van der Waals surface area contributed by atoms with Gasteiger partial charge in [0, 0.05) is 5.02 Å². The van der Waals surface area contributed by atoms with Crippen molar-refractivity contribution in [3.05, 3.63) is 58.1 Å². The van der Waals surface area contributed by atoms with Gasteiger partial charge in [-0.3, -0.25) is 0 Å². The van der Waals surface area contributed by atoms with Crippen LogP contribution in [0.4, 0.5) is 0 Å². The summed E-state index contributed by atoms with van der Waals surface area (Å²) in [7, 11) is 0. The maximum atomic E-state index is 5.80. The average molecular weight is 292 g/mol. The molecule has 108 valence electrons. The largest absolute Gasteiger partial charge is 0.392 e. The molecule has 20 heavy (non-hydrogen) atoms. The Balaban J connectivity index is 2.26. The minimum Gasteiger partial charge on any atom is -0.392 e. The van der Waals surface area contributed by atoms with Crippen LogP contribution in [0.5, 0.6) is 0 Å². The number of allylic oxidation sites excluding steroid dienone is 3. The summed E-state index contributed by atoms with van der Waals surface area (Å²) in [6, 6.07) is 7.46. The van der Waals surface area contributed by atoms with Gasteiger partial charge in [-0.15, -0.1) is 0 Å². The standard InChI is InChI=1S/C17H22ClNO/c1-14(2)5-4-6-15(3)11-12-20-19-13-16-7-9-17(18)10-8-16/h5,7-11,13H,4,6,12H2,1-3H3/b15-11+,19-13+. The molecule has 0 aromatic heterocycles. The molecule has 0 amide bonds. The van der Waals surface area contributed by atoms with E-state index in [0.29, 0.717) is 6.61 Å². The van der Waals surface area contributed by atoms with E-state index < -0.39 is 0 Å². The molecule has 0 saturated heterocycles. The number of oxime groups is 1. The lowest BCUT2D eigenvalue weighted by molar-refractivity contribution is 0.176. The van der Waals surface area contributed by atoms with Crippen LogP contribution in [0.25, 0.3) is 0 Å². The van der Waals surface area contributed by atoms with Gasteiger partial charge >= 0.3 is 0 Å². The van der Waals surface area contributed by atoms with E-state index in [-0.39, 0.29) is 0 Å². The Morgan fingerprint density at radius 3 is 2.50 bits per heavy atom. The van der Waals surface area contributed by atoms with Crippen molar-refractivity contribution in [1.82, 2.24) is 0 Å². The number of hydrogen-bond donors (Lipinski definition) is 0. The molecule has 0 saturated carbocycles. The Kier molecular flexibility index (Phi) is 7.74. The summed E-state index contributed by atoms with van der Waals surface area (Å²) < 4.78 is 0. The summed E-state index contributed by atoms with van der Waals surface area (Å²) in [6.07, 6.45) is 8.14. The molecule has 0 spiro atoms. The second kappa shape index (κ2) is 9.38. The predicted octanol–water partition coefficient (Wildman–Crippen LogP) is 5.38. The summed E-state index contributed by atoms with van der Waals surface area (Å²) in [4.78, 5) is 5.21. The topological polar surface area (TPSA) is 21.6 Å². The van der Waals surface area contributed by atoms with Crippen molar-refractivity contribution in [2.24, 2.45) is 5.16 Å². The summed E-state index contributed by atoms with van der Waals surface area (Å²) >= 11 is 5.80. The predicted molar refractivity (Wildman–Crippen MR) is 87.4 cm³/mol. The van der Waals surface area contributed by atoms with Gasteiger partial charge in [0.05, 0.1) is 6.21 Å². The molecular weight excluding hydrogens is 270 g/mol. The highest BCUT2D eigenvalue weighted by molar-refractivity contribution is 6.30. The highest BCUT2D eigenvalue weighted by atomic mass is 35.5. The molecule has 0 heterocycles. The highest BCUT2D eigenvalue weighted by Crippen LogP contribution is 2.08. The Morgan fingerprint density at radius 2 is 1.85 bits per heavy atom. The molecule has 1 aromatic carbocycles. The van der Waals surface area contributed by atoms with Crippen molar-refractivity contribution in [2.45, 2.75) is 33.6 Å². The zero-order chi connectivity index (χ0) is 14.8. The molecule has 2 nitrogen and oxygen atoms in total. The number of halogens is 1. The normalized spacial score (nSPS) is 11.7. The lowest BCUT2D eigenvalue weighted by Gasteiger charge is -1.99. The Bertz CT molecular complexity index is 482. The second-order valence-electron chi connectivity index (χ2n) is 4.95. The molecule has 0 aliphatic carbocycles. The lowest BCUT2D eigenvalue weighted by Crippen LogP contribution is -1.87. The number of nitrogens with zero attached hydrogens (tertiary/aromatic N) is 1. The molecule has 0 fully saturated rings. The van der Waals surface area contributed by atoms with Gasteiger partial charge < -0.3 is 4.84 Å². The van der Waals surface area contributed by atoms with Gasteiger partial charge in [-0.1, -0.05) is 46.1 Å². The monoisotopic (exact) mass is 291 g/mol. The van der Waals surface area contributed by atoms with Gasteiger partial charge in [0.1, 0.15) is 6.61 Å². The maximum Gasteiger partial charge on any atom is 0.135 e. The molecule has 0 N–H and O–H groups in total. The fourth-order valence-electron chi connectivity index (χ4n) is 1.56. The van der Waals surface area contributed by atoms with E-state index in [2.05, 4.69) is 38.1 Å². The fourth-order valence-corrected chi connectivity index (χ4v) is 1.69. The van der Waals surface area contributed by atoms with Gasteiger partial charge in [0.25, 0.3) is 0 Å². The van der Waals surface area contributed by atoms with E-state index in [4.69, 9.17) is 16.4 Å². The third-order valence-electron chi connectivity index (χ3n) is 2.74. The van der Waals surface area contributed by atoms with Crippen LogP contribution in [-0.4, -0.2) is 12.8 Å². The molecule has 0 unspecified atom stereocenters. The van der Waals surface area contributed by atoms with Gasteiger partial charge in [0.2, 0.25) is 0 Å². The van der Waals surface area contributed by atoms with E-state index in [0.717, 1.165) is 23.4 Å². The van der Waals surface area contributed by atoms with Crippen molar-refractivity contribution < 1.29 is 4.84 Å². The second-order valence-corrected chi connectivity index (χ2v) is 5.39. The first-order valence-electron chi connectivity index (χ1n) is 6.78. The van der Waals surface area contributed by atoms with Gasteiger partial charge in [-0.25, -0.2) is 0 Å². The zero-order valence-electron chi connectivity index (χ0n) is 12.4. The minimum absolute atomic E-state index is 0.505. The van der Waals surface area contributed by atoms with Crippen LogP contribution < -0.4 is 0 Å². The first kappa shape index (κ1) is 16.5. The Labute approximate surface area is 126 Å². The molecule has 0 bridgehead atoms. The lowest BCUT2D eigenvalue weighted by atomic mass is 10.1. The quantitative estimate of drug-likeness (QED) is 0.286. The summed E-state index contributed by atoms with van der Waals surface area (Å²) in [5, 5.41) is 4.65. The van der Waals surface area contributed by atoms with Crippen molar-refractivity contribution in [1.29, 1.82) is 0 Å². The highest BCUT2D eigenvalue weighted by Gasteiger charge is 1.90. The molecule has 0 aliphatic rings. The van der Waals surface area contributed by atoms with Gasteiger partial charge in [0.15, 0.2) is 0 Å². The van der Waals surface area contributed by atoms with Crippen LogP contribution >= 0.6 is 11.6 Å². The van der Waals surface area contributed by atoms with Crippen molar-refractivity contribution in [2.75, 3.05) is 6.61 Å². The molecule has 1 rings (SSSR count). The third kappa shape index (κ3) is 7.80. The number of rotatable bonds is 7. The van der Waals surface area contributed by atoms with E-state index >= 15 is 0 Å². The first-order valence-corrected chi connectivity index (χ1v) is 7.15. The van der Waals surface area contributed by atoms with Crippen LogP contribution in [0.3, 0.4) is 0 Å². The van der Waals surface area contributed by atoms with E-state index in [1.807, 2.05) is 24.3 Å². The van der Waals surface area contributed by atoms with Crippen LogP contribution in [0.2, 0.25) is 5.02 Å². The van der Waals surface area contributed by atoms with Crippen molar-refractivity contribution >= 4 is 17.8 Å². The Morgan fingerprint density at radius 1 is 1.15 bits per heavy atom. The summed E-state index contributed by atoms with van der Waals surface area (Å²) in [5.41, 5.74) is 3.66. The fraction of sp³-hybridized carbons (Fsp3) is 0.353. The first-order chi connectivity index (χ1) is 9.58. The van der Waals surface area contributed by atoms with Crippen LogP contribution in [0.1, 0.15) is 39.2 Å².